The molecule has 13 heavy (non-hydrogen) atoms. The van der Waals surface area contributed by atoms with Crippen LogP contribution >= 0.6 is 0 Å². The maximum atomic E-state index is 11.4. The van der Waals surface area contributed by atoms with Crippen molar-refractivity contribution < 1.29 is 9.53 Å². The van der Waals surface area contributed by atoms with Crippen LogP contribution in [0.5, 0.6) is 0 Å². The number of cyclic esters (lactones) is 1. The number of carbonyl (C=O) groups excluding carboxylic acids is 1. The van der Waals surface area contributed by atoms with Gasteiger partial charge in [-0.05, 0) is 25.7 Å². The van der Waals surface area contributed by atoms with Crippen molar-refractivity contribution in [3.8, 4) is 0 Å². The topological polar surface area (TPSA) is 29.5 Å². The summed E-state index contributed by atoms with van der Waals surface area (Å²) in [4.78, 5) is 13.4. The second kappa shape index (κ2) is 3.56. The second-order valence-corrected chi connectivity index (χ2v) is 4.01. The summed E-state index contributed by atoms with van der Waals surface area (Å²) >= 11 is 0. The van der Waals surface area contributed by atoms with Crippen LogP contribution in [0.4, 0.5) is 4.79 Å². The summed E-state index contributed by atoms with van der Waals surface area (Å²) < 4.78 is 5.06. The molecule has 0 saturated carbocycles. The first-order valence-corrected chi connectivity index (χ1v) is 5.28. The lowest BCUT2D eigenvalue weighted by Gasteiger charge is -2.35. The predicted molar refractivity (Wildman–Crippen MR) is 49.5 cm³/mol. The molecule has 3 nitrogen and oxygen atoms in total. The first-order chi connectivity index (χ1) is 6.33. The molecule has 0 aromatic rings. The van der Waals surface area contributed by atoms with Gasteiger partial charge in [0.15, 0.2) is 0 Å². The first kappa shape index (κ1) is 8.85. The van der Waals surface area contributed by atoms with E-state index in [1.165, 1.54) is 12.8 Å². The molecule has 0 spiro atoms. The van der Waals surface area contributed by atoms with Crippen LogP contribution in [-0.2, 0) is 4.74 Å². The number of amides is 1. The van der Waals surface area contributed by atoms with Gasteiger partial charge in [-0.15, -0.1) is 0 Å². The zero-order valence-corrected chi connectivity index (χ0v) is 8.16. The molecule has 3 heteroatoms. The van der Waals surface area contributed by atoms with E-state index in [2.05, 4.69) is 6.92 Å². The van der Waals surface area contributed by atoms with Crippen LogP contribution in [0, 0.1) is 0 Å². The smallest absolute Gasteiger partial charge is 0.410 e. The fraction of sp³-hybridized carbons (Fsp3) is 0.900. The Hall–Kier alpha value is -0.730. The Morgan fingerprint density at radius 3 is 3.15 bits per heavy atom. The number of hydrogen-bond acceptors (Lipinski definition) is 2. The van der Waals surface area contributed by atoms with E-state index in [4.69, 9.17) is 4.74 Å². The van der Waals surface area contributed by atoms with E-state index in [9.17, 15) is 4.79 Å². The molecule has 74 valence electrons. The predicted octanol–water partition coefficient (Wildman–Crippen LogP) is 2.16. The summed E-state index contributed by atoms with van der Waals surface area (Å²) in [6.45, 7) is 2.80. The molecular weight excluding hydrogens is 166 g/mol. The summed E-state index contributed by atoms with van der Waals surface area (Å²) in [7, 11) is 0. The van der Waals surface area contributed by atoms with Crippen molar-refractivity contribution in [1.29, 1.82) is 0 Å². The van der Waals surface area contributed by atoms with Gasteiger partial charge in [0.1, 0.15) is 6.61 Å². The summed E-state index contributed by atoms with van der Waals surface area (Å²) in [6.07, 6.45) is 5.75. The number of hydrogen-bond donors (Lipinski definition) is 0. The lowest BCUT2D eigenvalue weighted by molar-refractivity contribution is 0.124. The molecule has 0 radical (unpaired) electrons. The minimum atomic E-state index is -0.0804. The van der Waals surface area contributed by atoms with Gasteiger partial charge in [-0.3, -0.25) is 4.90 Å². The third kappa shape index (κ3) is 1.52. The maximum absolute atomic E-state index is 11.4. The van der Waals surface area contributed by atoms with Crippen LogP contribution in [-0.4, -0.2) is 29.7 Å². The van der Waals surface area contributed by atoms with E-state index >= 15 is 0 Å². The lowest BCUT2D eigenvalue weighted by atomic mass is 9.94. The van der Waals surface area contributed by atoms with Crippen molar-refractivity contribution >= 4 is 6.09 Å². The highest BCUT2D eigenvalue weighted by molar-refractivity contribution is 5.70. The van der Waals surface area contributed by atoms with E-state index < -0.39 is 0 Å². The fourth-order valence-corrected chi connectivity index (χ4v) is 2.49. The van der Waals surface area contributed by atoms with E-state index in [1.807, 2.05) is 4.90 Å². The Balaban J connectivity index is 2.05. The number of rotatable bonds is 2. The van der Waals surface area contributed by atoms with Gasteiger partial charge in [0.05, 0.1) is 6.04 Å². The van der Waals surface area contributed by atoms with Gasteiger partial charge in [-0.1, -0.05) is 13.3 Å². The first-order valence-electron chi connectivity index (χ1n) is 5.28. The average molecular weight is 183 g/mol. The molecule has 2 fully saturated rings. The van der Waals surface area contributed by atoms with Crippen molar-refractivity contribution in [2.45, 2.75) is 51.1 Å². The molecule has 2 rings (SSSR count). The number of carbonyl (C=O) groups is 1. The van der Waals surface area contributed by atoms with Crippen molar-refractivity contribution in [1.82, 2.24) is 4.90 Å². The van der Waals surface area contributed by atoms with E-state index in [-0.39, 0.29) is 6.09 Å². The molecular formula is C10H17NO2. The van der Waals surface area contributed by atoms with Crippen LogP contribution in [0.15, 0.2) is 0 Å². The van der Waals surface area contributed by atoms with Gasteiger partial charge in [0, 0.05) is 6.04 Å². The van der Waals surface area contributed by atoms with Crippen LogP contribution in [0.1, 0.15) is 39.0 Å². The standard InChI is InChI=1S/C10H17NO2/c1-2-4-8-5-3-6-9-7-13-10(12)11(8)9/h8-9H,2-7H2,1H3/t8-,9-/m0/s1. The van der Waals surface area contributed by atoms with Gasteiger partial charge in [-0.25, -0.2) is 4.79 Å². The van der Waals surface area contributed by atoms with Crippen LogP contribution < -0.4 is 0 Å². The fourth-order valence-electron chi connectivity index (χ4n) is 2.49. The van der Waals surface area contributed by atoms with E-state index in [1.54, 1.807) is 0 Å². The molecule has 0 N–H and O–H groups in total. The zero-order chi connectivity index (χ0) is 9.26. The number of ether oxygens (including phenoxy) is 1. The van der Waals surface area contributed by atoms with Gasteiger partial charge in [0.2, 0.25) is 0 Å². The van der Waals surface area contributed by atoms with Crippen LogP contribution in [0.2, 0.25) is 0 Å². The summed E-state index contributed by atoms with van der Waals surface area (Å²) in [5, 5.41) is 0. The van der Waals surface area contributed by atoms with Gasteiger partial charge >= 0.3 is 6.09 Å². The molecule has 2 atom stereocenters. The highest BCUT2D eigenvalue weighted by Gasteiger charge is 2.39. The highest BCUT2D eigenvalue weighted by Crippen LogP contribution is 2.30. The lowest BCUT2D eigenvalue weighted by Crippen LogP contribution is -2.45. The third-order valence-corrected chi connectivity index (χ3v) is 3.09. The summed E-state index contributed by atoms with van der Waals surface area (Å²) in [5.74, 6) is 0. The Kier molecular flexibility index (Phi) is 2.42. The molecule has 0 aromatic carbocycles. The quantitative estimate of drug-likeness (QED) is 0.656. The van der Waals surface area contributed by atoms with Crippen molar-refractivity contribution in [3.63, 3.8) is 0 Å². The molecule has 2 saturated heterocycles. The SMILES string of the molecule is CCC[C@H]1CCC[C@H]2COC(=O)N12. The molecule has 1 amide bonds. The molecule has 2 aliphatic rings. The van der Waals surface area contributed by atoms with Gasteiger partial charge < -0.3 is 4.74 Å². The zero-order valence-electron chi connectivity index (χ0n) is 8.16. The number of nitrogens with zero attached hydrogens (tertiary/aromatic N) is 1. The average Bonchev–Trinajstić information content (AvgIpc) is 2.50. The summed E-state index contributed by atoms with van der Waals surface area (Å²) in [6, 6.07) is 0.844. The Labute approximate surface area is 79.0 Å². The molecule has 0 aliphatic carbocycles. The number of piperidine rings is 1. The largest absolute Gasteiger partial charge is 0.447 e. The highest BCUT2D eigenvalue weighted by atomic mass is 16.6. The summed E-state index contributed by atoms with van der Waals surface area (Å²) in [5.41, 5.74) is 0. The van der Waals surface area contributed by atoms with Crippen LogP contribution in [0.25, 0.3) is 0 Å². The monoisotopic (exact) mass is 183 g/mol. The normalized spacial score (nSPS) is 33.0. The third-order valence-electron chi connectivity index (χ3n) is 3.09. The van der Waals surface area contributed by atoms with Crippen LogP contribution in [0.3, 0.4) is 0 Å². The molecule has 0 bridgehead atoms. The molecule has 2 aliphatic heterocycles. The van der Waals surface area contributed by atoms with E-state index in [0.29, 0.717) is 18.7 Å². The molecule has 0 aromatic heterocycles. The Morgan fingerprint density at radius 2 is 2.38 bits per heavy atom. The van der Waals surface area contributed by atoms with Crippen molar-refractivity contribution in [2.24, 2.45) is 0 Å². The van der Waals surface area contributed by atoms with Crippen molar-refractivity contribution in [2.75, 3.05) is 6.61 Å². The van der Waals surface area contributed by atoms with Crippen molar-refractivity contribution in [3.05, 3.63) is 0 Å². The van der Waals surface area contributed by atoms with E-state index in [0.717, 1.165) is 19.3 Å². The Morgan fingerprint density at radius 1 is 1.54 bits per heavy atom. The number of fused-ring (bicyclic) bond motifs is 1. The maximum Gasteiger partial charge on any atom is 0.410 e. The molecule has 2 heterocycles. The minimum Gasteiger partial charge on any atom is -0.447 e. The van der Waals surface area contributed by atoms with Gasteiger partial charge in [-0.2, -0.15) is 0 Å². The molecule has 0 unspecified atom stereocenters. The minimum absolute atomic E-state index is 0.0804. The Bertz CT molecular complexity index is 203. The second-order valence-electron chi connectivity index (χ2n) is 4.01. The van der Waals surface area contributed by atoms with Gasteiger partial charge in [0.25, 0.3) is 0 Å².